The lowest BCUT2D eigenvalue weighted by molar-refractivity contribution is -0.157. The summed E-state index contributed by atoms with van der Waals surface area (Å²) in [5.41, 5.74) is -0.793. The number of rotatable bonds is 8. The lowest BCUT2D eigenvalue weighted by atomic mass is 9.66. The van der Waals surface area contributed by atoms with Crippen LogP contribution >= 0.6 is 0 Å². The van der Waals surface area contributed by atoms with Crippen LogP contribution in [-0.2, 0) is 14.3 Å². The first-order valence-electron chi connectivity index (χ1n) is 6.70. The van der Waals surface area contributed by atoms with Gasteiger partial charge < -0.3 is 15.2 Å². The zero-order chi connectivity index (χ0) is 13.0. The maximum Gasteiger partial charge on any atom is 0.310 e. The van der Waals surface area contributed by atoms with E-state index in [2.05, 4.69) is 5.32 Å². The molecule has 0 aromatic heterocycles. The van der Waals surface area contributed by atoms with Gasteiger partial charge in [0.1, 0.15) is 0 Å². The lowest BCUT2D eigenvalue weighted by Gasteiger charge is -2.36. The highest BCUT2D eigenvalue weighted by molar-refractivity contribution is 5.85. The Hall–Kier alpha value is -1.10. The third-order valence-electron chi connectivity index (χ3n) is 3.88. The van der Waals surface area contributed by atoms with E-state index in [1.54, 1.807) is 0 Å². The van der Waals surface area contributed by atoms with Crippen molar-refractivity contribution in [2.75, 3.05) is 19.8 Å². The van der Waals surface area contributed by atoms with Gasteiger partial charge in [0.05, 0.1) is 12.0 Å². The van der Waals surface area contributed by atoms with Crippen molar-refractivity contribution in [3.05, 3.63) is 0 Å². The first-order valence-corrected chi connectivity index (χ1v) is 6.70. The summed E-state index contributed by atoms with van der Waals surface area (Å²) >= 11 is 0. The topological polar surface area (TPSA) is 75.6 Å². The van der Waals surface area contributed by atoms with Gasteiger partial charge in [-0.15, -0.1) is 0 Å². The fourth-order valence-corrected chi connectivity index (χ4v) is 2.24. The Bertz CT molecular complexity index is 321. The van der Waals surface area contributed by atoms with E-state index in [1.807, 2.05) is 0 Å². The monoisotopic (exact) mass is 255 g/mol. The molecule has 102 valence electrons. The Morgan fingerprint density at radius 2 is 2.06 bits per heavy atom. The largest absolute Gasteiger partial charge is 0.481 e. The minimum Gasteiger partial charge on any atom is -0.481 e. The van der Waals surface area contributed by atoms with Gasteiger partial charge in [-0.1, -0.05) is 6.42 Å². The van der Waals surface area contributed by atoms with Crippen LogP contribution in [0.3, 0.4) is 0 Å². The molecule has 2 aliphatic carbocycles. The Labute approximate surface area is 107 Å². The molecule has 5 heteroatoms. The van der Waals surface area contributed by atoms with E-state index < -0.39 is 11.4 Å². The highest BCUT2D eigenvalue weighted by Crippen LogP contribution is 2.44. The molecule has 0 aromatic rings. The summed E-state index contributed by atoms with van der Waals surface area (Å²) in [6, 6.07) is 0. The molecule has 2 aliphatic rings. The van der Waals surface area contributed by atoms with Gasteiger partial charge in [0.2, 0.25) is 5.91 Å². The van der Waals surface area contributed by atoms with Crippen LogP contribution in [0.2, 0.25) is 0 Å². The summed E-state index contributed by atoms with van der Waals surface area (Å²) in [6.45, 7) is 1.78. The number of ether oxygens (including phenoxy) is 1. The fraction of sp³-hybridized carbons (Fsp3) is 0.846. The SMILES string of the molecule is O=C(CC1(C(=O)O)CCC1)NCCOCC1CC1. The summed E-state index contributed by atoms with van der Waals surface area (Å²) < 4.78 is 5.39. The fourth-order valence-electron chi connectivity index (χ4n) is 2.24. The van der Waals surface area contributed by atoms with Crippen molar-refractivity contribution in [3.8, 4) is 0 Å². The van der Waals surface area contributed by atoms with E-state index >= 15 is 0 Å². The average molecular weight is 255 g/mol. The molecule has 0 atom stereocenters. The maximum absolute atomic E-state index is 11.6. The second-order valence-corrected chi connectivity index (χ2v) is 5.48. The van der Waals surface area contributed by atoms with E-state index in [1.165, 1.54) is 12.8 Å². The molecule has 0 heterocycles. The van der Waals surface area contributed by atoms with Crippen LogP contribution in [0.15, 0.2) is 0 Å². The Kier molecular flexibility index (Phi) is 4.22. The predicted octanol–water partition coefficient (Wildman–Crippen LogP) is 1.17. The normalized spacial score (nSPS) is 21.1. The number of hydrogen-bond acceptors (Lipinski definition) is 3. The van der Waals surface area contributed by atoms with Gasteiger partial charge in [-0.05, 0) is 31.6 Å². The van der Waals surface area contributed by atoms with Crippen LogP contribution in [-0.4, -0.2) is 36.7 Å². The summed E-state index contributed by atoms with van der Waals surface area (Å²) in [6.07, 6.45) is 4.76. The van der Waals surface area contributed by atoms with Crippen molar-refractivity contribution >= 4 is 11.9 Å². The van der Waals surface area contributed by atoms with Crippen molar-refractivity contribution in [2.24, 2.45) is 11.3 Å². The highest BCUT2D eigenvalue weighted by atomic mass is 16.5. The molecule has 2 saturated carbocycles. The standard InChI is InChI=1S/C13H21NO4/c15-11(8-13(12(16)17)4-1-5-13)14-6-7-18-9-10-2-3-10/h10H,1-9H2,(H,14,15)(H,16,17). The summed E-state index contributed by atoms with van der Waals surface area (Å²) in [5, 5.41) is 11.8. The van der Waals surface area contributed by atoms with E-state index in [4.69, 9.17) is 9.84 Å². The molecule has 0 unspecified atom stereocenters. The molecule has 0 aliphatic heterocycles. The molecule has 1 amide bonds. The lowest BCUT2D eigenvalue weighted by Crippen LogP contribution is -2.43. The van der Waals surface area contributed by atoms with Gasteiger partial charge in [-0.3, -0.25) is 9.59 Å². The second kappa shape index (κ2) is 5.69. The summed E-state index contributed by atoms with van der Waals surface area (Å²) in [5.74, 6) is -0.285. The van der Waals surface area contributed by atoms with Crippen LogP contribution in [0.4, 0.5) is 0 Å². The zero-order valence-corrected chi connectivity index (χ0v) is 10.6. The van der Waals surface area contributed by atoms with Gasteiger partial charge in [0.15, 0.2) is 0 Å². The van der Waals surface area contributed by atoms with Gasteiger partial charge in [-0.2, -0.15) is 0 Å². The Morgan fingerprint density at radius 1 is 1.33 bits per heavy atom. The van der Waals surface area contributed by atoms with Gasteiger partial charge >= 0.3 is 5.97 Å². The summed E-state index contributed by atoms with van der Waals surface area (Å²) in [7, 11) is 0. The van der Waals surface area contributed by atoms with Gasteiger partial charge in [0, 0.05) is 19.6 Å². The molecule has 5 nitrogen and oxygen atoms in total. The van der Waals surface area contributed by atoms with Gasteiger partial charge in [0.25, 0.3) is 0 Å². The van der Waals surface area contributed by atoms with E-state index in [0.717, 1.165) is 18.9 Å². The highest BCUT2D eigenvalue weighted by Gasteiger charge is 2.45. The molecule has 0 radical (unpaired) electrons. The van der Waals surface area contributed by atoms with Crippen molar-refractivity contribution in [3.63, 3.8) is 0 Å². The molecule has 0 bridgehead atoms. The number of carboxylic acids is 1. The first-order chi connectivity index (χ1) is 8.62. The molecular formula is C13H21NO4. The zero-order valence-electron chi connectivity index (χ0n) is 10.6. The van der Waals surface area contributed by atoms with Crippen molar-refractivity contribution in [2.45, 2.75) is 38.5 Å². The number of nitrogens with one attached hydrogen (secondary N) is 1. The molecule has 2 N–H and O–H groups in total. The van der Waals surface area contributed by atoms with E-state index in [9.17, 15) is 9.59 Å². The maximum atomic E-state index is 11.6. The average Bonchev–Trinajstić information content (AvgIpc) is 3.06. The molecule has 0 saturated heterocycles. The second-order valence-electron chi connectivity index (χ2n) is 5.48. The number of amides is 1. The van der Waals surface area contributed by atoms with E-state index in [-0.39, 0.29) is 12.3 Å². The number of hydrogen-bond donors (Lipinski definition) is 2. The quantitative estimate of drug-likeness (QED) is 0.638. The van der Waals surface area contributed by atoms with Crippen molar-refractivity contribution < 1.29 is 19.4 Å². The minimum atomic E-state index is -0.839. The third-order valence-corrected chi connectivity index (χ3v) is 3.88. The molecular weight excluding hydrogens is 234 g/mol. The third kappa shape index (κ3) is 3.45. The van der Waals surface area contributed by atoms with Crippen molar-refractivity contribution in [1.29, 1.82) is 0 Å². The number of aliphatic carboxylic acids is 1. The van der Waals surface area contributed by atoms with Crippen LogP contribution in [0.1, 0.15) is 38.5 Å². The molecule has 18 heavy (non-hydrogen) atoms. The van der Waals surface area contributed by atoms with Crippen LogP contribution in [0.5, 0.6) is 0 Å². The smallest absolute Gasteiger partial charge is 0.310 e. The molecule has 0 spiro atoms. The summed E-state index contributed by atoms with van der Waals surface area (Å²) in [4.78, 5) is 22.7. The van der Waals surface area contributed by atoms with Crippen LogP contribution in [0.25, 0.3) is 0 Å². The minimum absolute atomic E-state index is 0.102. The molecule has 2 fully saturated rings. The number of carboxylic acid groups (broad SMARTS) is 1. The predicted molar refractivity (Wildman–Crippen MR) is 65.1 cm³/mol. The Balaban J connectivity index is 1.57. The van der Waals surface area contributed by atoms with E-state index in [0.29, 0.717) is 26.0 Å². The molecule has 2 rings (SSSR count). The molecule has 0 aromatic carbocycles. The van der Waals surface area contributed by atoms with Gasteiger partial charge in [-0.25, -0.2) is 0 Å². The van der Waals surface area contributed by atoms with Crippen LogP contribution in [0, 0.1) is 11.3 Å². The van der Waals surface area contributed by atoms with Crippen LogP contribution < -0.4 is 5.32 Å². The Morgan fingerprint density at radius 3 is 2.56 bits per heavy atom. The number of carbonyl (C=O) groups excluding carboxylic acids is 1. The number of carbonyl (C=O) groups is 2. The first kappa shape index (κ1) is 13.3. The van der Waals surface area contributed by atoms with Crippen molar-refractivity contribution in [1.82, 2.24) is 5.32 Å².